The van der Waals surface area contributed by atoms with Gasteiger partial charge in [0.1, 0.15) is 11.6 Å². The van der Waals surface area contributed by atoms with Crippen LogP contribution < -0.4 is 10.9 Å². The van der Waals surface area contributed by atoms with Crippen LogP contribution in [0.3, 0.4) is 0 Å². The molecule has 4 aromatic rings. The third kappa shape index (κ3) is 5.34. The molecule has 3 aromatic carbocycles. The van der Waals surface area contributed by atoms with Gasteiger partial charge in [0.2, 0.25) is 0 Å². The van der Waals surface area contributed by atoms with Gasteiger partial charge < -0.3 is 15.0 Å². The first-order chi connectivity index (χ1) is 16.9. The molecule has 0 spiro atoms. The third-order valence-electron chi connectivity index (χ3n) is 5.60. The number of amides is 2. The number of carbonyl (C=O) groups excluding carboxylic acids is 1. The molecule has 2 amide bonds. The van der Waals surface area contributed by atoms with E-state index in [1.165, 1.54) is 34.8 Å². The summed E-state index contributed by atoms with van der Waals surface area (Å²) in [5.41, 5.74) is 1.13. The molecule has 0 fully saturated rings. The first kappa shape index (κ1) is 24.4. The highest BCUT2D eigenvalue weighted by Gasteiger charge is 2.27. The van der Waals surface area contributed by atoms with Crippen LogP contribution in [-0.2, 0) is 4.74 Å². The molecule has 9 heteroatoms. The summed E-state index contributed by atoms with van der Waals surface area (Å²) in [6, 6.07) is 18.4. The molecule has 0 aliphatic rings. The molecule has 0 radical (unpaired) electrons. The van der Waals surface area contributed by atoms with Gasteiger partial charge in [0.15, 0.2) is 0 Å². The first-order valence-corrected chi connectivity index (χ1v) is 11.4. The third-order valence-corrected chi connectivity index (χ3v) is 5.85. The number of anilines is 1. The van der Waals surface area contributed by atoms with Gasteiger partial charge in [0, 0.05) is 24.4 Å². The SMILES string of the molecule is COCCN(C(=O)Nc1cccc(F)c1)C(C)c1nc2ccccc2c(=O)n1-c1ccc(Cl)cc1. The van der Waals surface area contributed by atoms with E-state index >= 15 is 0 Å². The molecular weight excluding hydrogens is 471 g/mol. The number of rotatable bonds is 7. The Labute approximate surface area is 206 Å². The second-order valence-electron chi connectivity index (χ2n) is 7.91. The van der Waals surface area contributed by atoms with Crippen molar-refractivity contribution in [1.29, 1.82) is 0 Å². The van der Waals surface area contributed by atoms with E-state index in [-0.39, 0.29) is 18.7 Å². The molecule has 0 aliphatic carbocycles. The number of carbonyl (C=O) groups is 1. The summed E-state index contributed by atoms with van der Waals surface area (Å²) in [6.07, 6.45) is 0. The summed E-state index contributed by atoms with van der Waals surface area (Å²) in [5, 5.41) is 3.70. The monoisotopic (exact) mass is 494 g/mol. The summed E-state index contributed by atoms with van der Waals surface area (Å²) >= 11 is 6.07. The lowest BCUT2D eigenvalue weighted by Crippen LogP contribution is -2.41. The number of para-hydroxylation sites is 1. The Morgan fingerprint density at radius 3 is 2.60 bits per heavy atom. The highest BCUT2D eigenvalue weighted by atomic mass is 35.5. The Kier molecular flexibility index (Phi) is 7.43. The van der Waals surface area contributed by atoms with Gasteiger partial charge in [-0.05, 0) is 61.5 Å². The number of urea groups is 1. The molecule has 0 saturated carbocycles. The van der Waals surface area contributed by atoms with Crippen molar-refractivity contribution in [2.24, 2.45) is 0 Å². The van der Waals surface area contributed by atoms with Crippen LogP contribution in [0.25, 0.3) is 16.6 Å². The van der Waals surface area contributed by atoms with E-state index in [0.717, 1.165) is 0 Å². The number of nitrogens with zero attached hydrogens (tertiary/aromatic N) is 3. The number of halogens is 2. The van der Waals surface area contributed by atoms with E-state index < -0.39 is 17.9 Å². The van der Waals surface area contributed by atoms with Crippen LogP contribution in [0.2, 0.25) is 5.02 Å². The fourth-order valence-electron chi connectivity index (χ4n) is 3.83. The number of methoxy groups -OCH3 is 1. The van der Waals surface area contributed by atoms with Crippen LogP contribution in [0, 0.1) is 5.82 Å². The van der Waals surface area contributed by atoms with Crippen LogP contribution in [0.15, 0.2) is 77.6 Å². The van der Waals surface area contributed by atoms with E-state index in [1.54, 1.807) is 61.5 Å². The topological polar surface area (TPSA) is 76.5 Å². The van der Waals surface area contributed by atoms with E-state index in [9.17, 15) is 14.0 Å². The molecule has 1 atom stereocenters. The number of benzene rings is 3. The Hall–Kier alpha value is -3.75. The number of nitrogens with one attached hydrogen (secondary N) is 1. The van der Waals surface area contributed by atoms with E-state index in [0.29, 0.717) is 33.1 Å². The lowest BCUT2D eigenvalue weighted by atomic mass is 10.2. The number of hydrogen-bond donors (Lipinski definition) is 1. The van der Waals surface area contributed by atoms with Gasteiger partial charge in [-0.1, -0.05) is 29.8 Å². The van der Waals surface area contributed by atoms with E-state index in [2.05, 4.69) is 5.32 Å². The van der Waals surface area contributed by atoms with Crippen molar-refractivity contribution in [3.63, 3.8) is 0 Å². The molecule has 4 rings (SSSR count). The van der Waals surface area contributed by atoms with Crippen LogP contribution in [0.4, 0.5) is 14.9 Å². The lowest BCUT2D eigenvalue weighted by molar-refractivity contribution is 0.137. The molecule has 1 heterocycles. The maximum atomic E-state index is 13.7. The number of hydrogen-bond acceptors (Lipinski definition) is 4. The quantitative estimate of drug-likeness (QED) is 0.372. The summed E-state index contributed by atoms with van der Waals surface area (Å²) in [5.74, 6) is -0.103. The molecule has 0 aliphatic heterocycles. The molecule has 1 N–H and O–H groups in total. The lowest BCUT2D eigenvalue weighted by Gasteiger charge is -2.30. The Morgan fingerprint density at radius 2 is 1.89 bits per heavy atom. The zero-order valence-electron chi connectivity index (χ0n) is 19.2. The molecule has 7 nitrogen and oxygen atoms in total. The van der Waals surface area contributed by atoms with Crippen molar-refractivity contribution < 1.29 is 13.9 Å². The van der Waals surface area contributed by atoms with E-state index in [1.807, 2.05) is 0 Å². The van der Waals surface area contributed by atoms with Crippen molar-refractivity contribution in [3.05, 3.63) is 99.8 Å². The first-order valence-electron chi connectivity index (χ1n) is 11.0. The molecule has 180 valence electrons. The van der Waals surface area contributed by atoms with Crippen LogP contribution in [0.5, 0.6) is 0 Å². The largest absolute Gasteiger partial charge is 0.383 e. The summed E-state index contributed by atoms with van der Waals surface area (Å²) in [6.45, 7) is 2.24. The molecule has 0 saturated heterocycles. The number of ether oxygens (including phenoxy) is 1. The van der Waals surface area contributed by atoms with Gasteiger partial charge >= 0.3 is 6.03 Å². The van der Waals surface area contributed by atoms with Gasteiger partial charge in [0.05, 0.1) is 29.2 Å². The minimum atomic E-state index is -0.647. The Morgan fingerprint density at radius 1 is 1.14 bits per heavy atom. The minimum Gasteiger partial charge on any atom is -0.383 e. The number of fused-ring (bicyclic) bond motifs is 1. The van der Waals surface area contributed by atoms with Gasteiger partial charge in [-0.2, -0.15) is 0 Å². The predicted octanol–water partition coefficient (Wildman–Crippen LogP) is 5.42. The molecule has 1 aromatic heterocycles. The van der Waals surface area contributed by atoms with Crippen molar-refractivity contribution in [3.8, 4) is 5.69 Å². The highest BCUT2D eigenvalue weighted by molar-refractivity contribution is 6.30. The fourth-order valence-corrected chi connectivity index (χ4v) is 3.96. The highest BCUT2D eigenvalue weighted by Crippen LogP contribution is 2.24. The summed E-state index contributed by atoms with van der Waals surface area (Å²) in [7, 11) is 1.53. The maximum Gasteiger partial charge on any atom is 0.322 e. The fraction of sp³-hybridized carbons (Fsp3) is 0.192. The van der Waals surface area contributed by atoms with Crippen molar-refractivity contribution in [2.45, 2.75) is 13.0 Å². The minimum absolute atomic E-state index is 0.210. The molecule has 1 unspecified atom stereocenters. The van der Waals surface area contributed by atoms with Crippen LogP contribution in [0.1, 0.15) is 18.8 Å². The molecule has 0 bridgehead atoms. The van der Waals surface area contributed by atoms with Crippen molar-refractivity contribution in [1.82, 2.24) is 14.5 Å². The van der Waals surface area contributed by atoms with Gasteiger partial charge in [-0.3, -0.25) is 9.36 Å². The van der Waals surface area contributed by atoms with Crippen molar-refractivity contribution >= 4 is 34.2 Å². The van der Waals surface area contributed by atoms with Gasteiger partial charge in [-0.15, -0.1) is 0 Å². The predicted molar refractivity (Wildman–Crippen MR) is 135 cm³/mol. The number of aromatic nitrogens is 2. The Bertz CT molecular complexity index is 1410. The van der Waals surface area contributed by atoms with Crippen molar-refractivity contribution in [2.75, 3.05) is 25.6 Å². The van der Waals surface area contributed by atoms with Gasteiger partial charge in [-0.25, -0.2) is 14.2 Å². The molecule has 35 heavy (non-hydrogen) atoms. The second kappa shape index (κ2) is 10.7. The summed E-state index contributed by atoms with van der Waals surface area (Å²) in [4.78, 5) is 33.1. The van der Waals surface area contributed by atoms with E-state index in [4.69, 9.17) is 21.3 Å². The summed E-state index contributed by atoms with van der Waals surface area (Å²) < 4.78 is 20.4. The smallest absolute Gasteiger partial charge is 0.322 e. The standard InChI is InChI=1S/C26H24ClFN4O3/c1-17(31(14-15-35-2)26(34)29-20-7-5-6-19(28)16-20)24-30-23-9-4-3-8-22(23)25(33)32(24)21-12-10-18(27)11-13-21/h3-13,16-17H,14-15H2,1-2H3,(H,29,34). The van der Waals surface area contributed by atoms with Crippen LogP contribution in [-0.4, -0.2) is 40.7 Å². The maximum absolute atomic E-state index is 13.7. The molecular formula is C26H24ClFN4O3. The van der Waals surface area contributed by atoms with Crippen LogP contribution >= 0.6 is 11.6 Å². The zero-order valence-corrected chi connectivity index (χ0v) is 20.0. The normalized spacial score (nSPS) is 11.9. The Balaban J connectivity index is 1.82. The average Bonchev–Trinajstić information content (AvgIpc) is 2.85. The zero-order chi connectivity index (χ0) is 24.9. The average molecular weight is 495 g/mol. The van der Waals surface area contributed by atoms with Gasteiger partial charge in [0.25, 0.3) is 5.56 Å². The second-order valence-corrected chi connectivity index (χ2v) is 8.34.